The molecule has 3 aromatic rings. The van der Waals surface area contributed by atoms with Crippen molar-refractivity contribution < 1.29 is 0 Å². The van der Waals surface area contributed by atoms with Crippen molar-refractivity contribution in [1.29, 1.82) is 0 Å². The van der Waals surface area contributed by atoms with Gasteiger partial charge in [-0.2, -0.15) is 0 Å². The molecule has 0 saturated carbocycles. The second kappa shape index (κ2) is 10.6. The van der Waals surface area contributed by atoms with Gasteiger partial charge >= 0.3 is 0 Å². The summed E-state index contributed by atoms with van der Waals surface area (Å²) in [6.45, 7) is 18.1. The van der Waals surface area contributed by atoms with Crippen LogP contribution < -0.4 is 0 Å². The molecule has 2 atom stereocenters. The van der Waals surface area contributed by atoms with Crippen LogP contribution in [0.15, 0.2) is 24.3 Å². The Balaban J connectivity index is 1.95. The van der Waals surface area contributed by atoms with E-state index in [0.717, 1.165) is 55.4 Å². The normalized spacial score (nSPS) is 17.5. The van der Waals surface area contributed by atoms with Crippen LogP contribution in [-0.4, -0.2) is 19.9 Å². The minimum Gasteiger partial charge on any atom is -0.355 e. The summed E-state index contributed by atoms with van der Waals surface area (Å²) in [7, 11) is 0. The topological polar surface area (TPSA) is 57.4 Å². The summed E-state index contributed by atoms with van der Waals surface area (Å²) in [6, 6.07) is 9.21. The summed E-state index contributed by atoms with van der Waals surface area (Å²) in [5.41, 5.74) is 17.4. The van der Waals surface area contributed by atoms with Crippen LogP contribution in [0, 0.1) is 13.8 Å². The number of hydrogen-bond acceptors (Lipinski definition) is 2. The zero-order chi connectivity index (χ0) is 27.1. The Morgan fingerprint density at radius 1 is 0.684 bits per heavy atom. The van der Waals surface area contributed by atoms with Crippen LogP contribution in [0.1, 0.15) is 124 Å². The first kappa shape index (κ1) is 26.5. The number of H-pyrrole nitrogens is 2. The lowest BCUT2D eigenvalue weighted by atomic mass is 9.87. The smallest absolute Gasteiger partial charge is 0.0693 e. The van der Waals surface area contributed by atoms with Crippen molar-refractivity contribution in [2.45, 2.75) is 106 Å². The minimum atomic E-state index is 0.391. The SMILES string of the molecule is CCCc1c(C)c2cc3nc(cc4[nH]c(cc5nc(cc1[nH]2)[C@@H](CCC)[C@@H]5C)c(CC)c4C)C(CC)=C3C. The van der Waals surface area contributed by atoms with Crippen LogP contribution in [0.3, 0.4) is 0 Å². The number of hydrogen-bond donors (Lipinski definition) is 2. The lowest BCUT2D eigenvalue weighted by Crippen LogP contribution is -2.01. The highest BCUT2D eigenvalue weighted by molar-refractivity contribution is 5.93. The van der Waals surface area contributed by atoms with Crippen LogP contribution in [0.25, 0.3) is 33.2 Å². The van der Waals surface area contributed by atoms with E-state index < -0.39 is 0 Å². The zero-order valence-electron chi connectivity index (χ0n) is 24.6. The summed E-state index contributed by atoms with van der Waals surface area (Å²) >= 11 is 0. The predicted molar refractivity (Wildman–Crippen MR) is 163 cm³/mol. The lowest BCUT2D eigenvalue weighted by Gasteiger charge is -2.14. The highest BCUT2D eigenvalue weighted by Crippen LogP contribution is 2.40. The van der Waals surface area contributed by atoms with Gasteiger partial charge in [-0.15, -0.1) is 0 Å². The summed E-state index contributed by atoms with van der Waals surface area (Å²) in [6.07, 6.45) is 6.44. The summed E-state index contributed by atoms with van der Waals surface area (Å²) in [4.78, 5) is 18.1. The first-order valence-electron chi connectivity index (χ1n) is 14.7. The van der Waals surface area contributed by atoms with E-state index in [0.29, 0.717) is 11.8 Å². The number of aromatic nitrogens is 4. The molecule has 2 aliphatic rings. The van der Waals surface area contributed by atoms with Crippen LogP contribution in [0.5, 0.6) is 0 Å². The quantitative estimate of drug-likeness (QED) is 0.348. The van der Waals surface area contributed by atoms with Crippen molar-refractivity contribution in [3.05, 3.63) is 69.3 Å². The van der Waals surface area contributed by atoms with E-state index in [9.17, 15) is 0 Å². The monoisotopic (exact) mass is 508 g/mol. The van der Waals surface area contributed by atoms with Gasteiger partial charge in [0.25, 0.3) is 0 Å². The van der Waals surface area contributed by atoms with Crippen molar-refractivity contribution >= 4 is 33.2 Å². The molecule has 2 aliphatic heterocycles. The largest absolute Gasteiger partial charge is 0.355 e. The predicted octanol–water partition coefficient (Wildman–Crippen LogP) is 9.47. The van der Waals surface area contributed by atoms with Crippen LogP contribution in [-0.2, 0) is 12.8 Å². The van der Waals surface area contributed by atoms with Gasteiger partial charge in [-0.3, -0.25) is 4.98 Å². The van der Waals surface area contributed by atoms with E-state index in [1.165, 1.54) is 61.3 Å². The van der Waals surface area contributed by atoms with Gasteiger partial charge in [0.05, 0.1) is 11.4 Å². The second-order valence-electron chi connectivity index (χ2n) is 11.3. The Kier molecular flexibility index (Phi) is 7.35. The molecule has 200 valence electrons. The molecule has 0 aromatic carbocycles. The maximum Gasteiger partial charge on any atom is 0.0693 e. The molecule has 0 radical (unpaired) electrons. The second-order valence-corrected chi connectivity index (χ2v) is 11.3. The van der Waals surface area contributed by atoms with E-state index >= 15 is 0 Å². The third-order valence-corrected chi connectivity index (χ3v) is 8.95. The van der Waals surface area contributed by atoms with E-state index in [1.807, 2.05) is 0 Å². The Morgan fingerprint density at radius 3 is 1.95 bits per heavy atom. The molecule has 5 rings (SSSR count). The highest BCUT2D eigenvalue weighted by Gasteiger charge is 2.28. The van der Waals surface area contributed by atoms with Gasteiger partial charge in [-0.25, -0.2) is 4.98 Å². The van der Waals surface area contributed by atoms with Crippen LogP contribution in [0.4, 0.5) is 0 Å². The fourth-order valence-corrected chi connectivity index (χ4v) is 6.63. The molecule has 8 bridgehead atoms. The molecule has 0 fully saturated rings. The molecular formula is C34H44N4. The molecule has 0 spiro atoms. The maximum absolute atomic E-state index is 5.30. The maximum atomic E-state index is 5.30. The number of nitrogens with zero attached hydrogens (tertiary/aromatic N) is 2. The highest BCUT2D eigenvalue weighted by atomic mass is 14.8. The number of fused-ring (bicyclic) bond motifs is 8. The van der Waals surface area contributed by atoms with E-state index in [4.69, 9.17) is 9.97 Å². The number of rotatable bonds is 6. The summed E-state index contributed by atoms with van der Waals surface area (Å²) < 4.78 is 0. The molecule has 4 heteroatoms. The van der Waals surface area contributed by atoms with Gasteiger partial charge in [-0.1, -0.05) is 47.5 Å². The number of aromatic amines is 2. The van der Waals surface area contributed by atoms with Crippen molar-refractivity contribution in [1.82, 2.24) is 19.9 Å². The van der Waals surface area contributed by atoms with E-state index in [2.05, 4.69) is 89.6 Å². The standard InChI is InChI=1S/C34H44N4/c1-9-13-25-21(7)28-15-27-19(5)23(11-3)31(35-27)16-29-20(6)24(12-4)32(36-29)17-30-22(8)26(14-10-2)34(38-30)18-33(25)37-28/h15-18,22,26,36-37H,9-14H2,1-8H3/t22-,26-/m0/s1. The third kappa shape index (κ3) is 4.42. The molecule has 0 saturated heterocycles. The average molecular weight is 509 g/mol. The Labute approximate surface area is 228 Å². The Morgan fingerprint density at radius 2 is 1.32 bits per heavy atom. The molecule has 0 unspecified atom stereocenters. The van der Waals surface area contributed by atoms with Crippen molar-refractivity contribution in [3.8, 4) is 0 Å². The Hall–Kier alpha value is -3.14. The number of aryl methyl sites for hydroxylation is 4. The molecule has 4 nitrogen and oxygen atoms in total. The van der Waals surface area contributed by atoms with Crippen molar-refractivity contribution in [2.75, 3.05) is 0 Å². The van der Waals surface area contributed by atoms with Gasteiger partial charge in [0.15, 0.2) is 0 Å². The first-order valence-corrected chi connectivity index (χ1v) is 14.7. The molecule has 0 aliphatic carbocycles. The average Bonchev–Trinajstić information content (AvgIpc) is 3.55. The van der Waals surface area contributed by atoms with Gasteiger partial charge in [0.2, 0.25) is 0 Å². The van der Waals surface area contributed by atoms with Gasteiger partial charge in [0, 0.05) is 45.3 Å². The van der Waals surface area contributed by atoms with Crippen molar-refractivity contribution in [2.24, 2.45) is 0 Å². The number of nitrogens with one attached hydrogen (secondary N) is 2. The van der Waals surface area contributed by atoms with Crippen molar-refractivity contribution in [3.63, 3.8) is 0 Å². The van der Waals surface area contributed by atoms with Crippen LogP contribution >= 0.6 is 0 Å². The summed E-state index contributed by atoms with van der Waals surface area (Å²) in [5.74, 6) is 0.829. The third-order valence-electron chi connectivity index (χ3n) is 8.95. The Bertz CT molecular complexity index is 1560. The molecule has 38 heavy (non-hydrogen) atoms. The summed E-state index contributed by atoms with van der Waals surface area (Å²) in [5, 5.41) is 0. The first-order chi connectivity index (χ1) is 18.3. The van der Waals surface area contributed by atoms with Gasteiger partial charge in [0.1, 0.15) is 0 Å². The van der Waals surface area contributed by atoms with E-state index in [-0.39, 0.29) is 0 Å². The minimum absolute atomic E-state index is 0.391. The van der Waals surface area contributed by atoms with Gasteiger partial charge < -0.3 is 9.97 Å². The lowest BCUT2D eigenvalue weighted by molar-refractivity contribution is 0.550. The molecular weight excluding hydrogens is 464 g/mol. The van der Waals surface area contributed by atoms with Crippen LogP contribution in [0.2, 0.25) is 0 Å². The number of allylic oxidation sites excluding steroid dienone is 2. The van der Waals surface area contributed by atoms with E-state index in [1.54, 1.807) is 0 Å². The fourth-order valence-electron chi connectivity index (χ4n) is 6.63. The molecule has 3 aromatic heterocycles. The fraction of sp³-hybridized carbons (Fsp3) is 0.471. The molecule has 0 amide bonds. The zero-order valence-corrected chi connectivity index (χ0v) is 24.6. The van der Waals surface area contributed by atoms with Gasteiger partial charge in [-0.05, 0) is 104 Å². The molecule has 5 heterocycles. The molecule has 2 N–H and O–H groups in total.